The molecule has 44 heavy (non-hydrogen) atoms. The molecule has 0 bridgehead atoms. The van der Waals surface area contributed by atoms with Crippen molar-refractivity contribution in [1.82, 2.24) is 0 Å². The van der Waals surface area contributed by atoms with E-state index in [1.807, 2.05) is 60.7 Å². The number of rotatable bonds is 13. The molecule has 3 rings (SSSR count). The molecule has 8 nitrogen and oxygen atoms in total. The molecule has 1 fully saturated rings. The molecule has 2 aromatic rings. The SMILES string of the molecule is CC(C)(C)[Si](C)(C)O[C@H]1[C@H]([C@H](O)CO)O/C(=C\P(=O)(OCc2ccccc2)OCc2ccccc2)[C@@H]1O[Si](C)(C)C(C)(C)C. The second kappa shape index (κ2) is 14.4. The summed E-state index contributed by atoms with van der Waals surface area (Å²) in [7, 11) is -8.86. The predicted molar refractivity (Wildman–Crippen MR) is 180 cm³/mol. The zero-order chi connectivity index (χ0) is 33.0. The molecule has 1 saturated heterocycles. The van der Waals surface area contributed by atoms with Gasteiger partial charge in [0, 0.05) is 0 Å². The average molecular weight is 665 g/mol. The molecule has 0 amide bonds. The van der Waals surface area contributed by atoms with E-state index in [9.17, 15) is 14.8 Å². The molecule has 2 N–H and O–H groups in total. The Morgan fingerprint density at radius 2 is 1.25 bits per heavy atom. The van der Waals surface area contributed by atoms with Crippen LogP contribution >= 0.6 is 7.60 Å². The largest absolute Gasteiger partial charge is 0.486 e. The molecule has 0 saturated carbocycles. The fourth-order valence-electron chi connectivity index (χ4n) is 4.14. The van der Waals surface area contributed by atoms with E-state index in [4.69, 9.17) is 22.6 Å². The minimum absolute atomic E-state index is 0.0526. The Hall–Kier alpha value is -1.60. The Morgan fingerprint density at radius 1 is 0.818 bits per heavy atom. The maximum absolute atomic E-state index is 14.5. The zero-order valence-electron chi connectivity index (χ0n) is 28.1. The summed E-state index contributed by atoms with van der Waals surface area (Å²) in [4.78, 5) is 0. The van der Waals surface area contributed by atoms with Crippen molar-refractivity contribution >= 4 is 24.2 Å². The van der Waals surface area contributed by atoms with Crippen LogP contribution in [-0.4, -0.2) is 57.9 Å². The van der Waals surface area contributed by atoms with Gasteiger partial charge in [-0.25, -0.2) is 0 Å². The van der Waals surface area contributed by atoms with E-state index < -0.39 is 55.3 Å². The van der Waals surface area contributed by atoms with Crippen molar-refractivity contribution < 1.29 is 37.4 Å². The molecular weight excluding hydrogens is 612 g/mol. The maximum Gasteiger partial charge on any atom is 0.358 e. The molecule has 1 heterocycles. The van der Waals surface area contributed by atoms with Crippen LogP contribution < -0.4 is 0 Å². The van der Waals surface area contributed by atoms with Gasteiger partial charge < -0.3 is 32.8 Å². The lowest BCUT2D eigenvalue weighted by Crippen LogP contribution is -2.54. The molecule has 0 radical (unpaired) electrons. The minimum Gasteiger partial charge on any atom is -0.486 e. The Kier molecular flexibility index (Phi) is 12.1. The first kappa shape index (κ1) is 36.9. The summed E-state index contributed by atoms with van der Waals surface area (Å²) in [6.07, 6.45) is -3.76. The van der Waals surface area contributed by atoms with Crippen LogP contribution in [0, 0.1) is 0 Å². The Balaban J connectivity index is 2.12. The monoisotopic (exact) mass is 664 g/mol. The summed E-state index contributed by atoms with van der Waals surface area (Å²) in [5, 5.41) is 20.7. The maximum atomic E-state index is 14.5. The summed E-state index contributed by atoms with van der Waals surface area (Å²) in [6.45, 7) is 20.9. The quantitative estimate of drug-likeness (QED) is 0.164. The van der Waals surface area contributed by atoms with Gasteiger partial charge >= 0.3 is 7.60 Å². The summed E-state index contributed by atoms with van der Waals surface area (Å²) in [5.41, 5.74) is 1.67. The fourth-order valence-corrected chi connectivity index (χ4v) is 8.07. The predicted octanol–water partition coefficient (Wildman–Crippen LogP) is 7.99. The molecule has 246 valence electrons. The molecule has 0 spiro atoms. The standard InChI is InChI=1S/C33H53O8PSi2/c1-32(2,3)43(7,8)40-30-28(39-29(27(35)21-34)31(30)41-44(9,10)33(4,5)6)24-42(36,37-22-25-17-13-11-14-18-25)38-23-26-19-15-12-16-20-26/h11-20,24,27,29-31,34-35H,21-23H2,1-10H3/b28-24-/t27-,29+,30+,31+/m1/s1. The van der Waals surface area contributed by atoms with Crippen molar-refractivity contribution in [3.05, 3.63) is 83.4 Å². The van der Waals surface area contributed by atoms with Crippen molar-refractivity contribution in [2.24, 2.45) is 0 Å². The minimum atomic E-state index is -3.96. The zero-order valence-corrected chi connectivity index (χ0v) is 31.0. The highest BCUT2D eigenvalue weighted by atomic mass is 31.2. The first-order chi connectivity index (χ1) is 20.3. The Labute approximate surface area is 266 Å². The van der Waals surface area contributed by atoms with Gasteiger partial charge in [0.15, 0.2) is 22.7 Å². The number of aliphatic hydroxyl groups excluding tert-OH is 2. The lowest BCUT2D eigenvalue weighted by Gasteiger charge is -2.43. The third kappa shape index (κ3) is 9.47. The van der Waals surface area contributed by atoms with Crippen molar-refractivity contribution in [2.75, 3.05) is 6.61 Å². The van der Waals surface area contributed by atoms with Crippen LogP contribution in [0.15, 0.2) is 72.2 Å². The van der Waals surface area contributed by atoms with Gasteiger partial charge in [0.05, 0.1) is 25.6 Å². The van der Waals surface area contributed by atoms with E-state index in [2.05, 4.69) is 67.7 Å². The van der Waals surface area contributed by atoms with Crippen LogP contribution in [-0.2, 0) is 40.4 Å². The highest BCUT2D eigenvalue weighted by Gasteiger charge is 2.54. The summed E-state index contributed by atoms with van der Waals surface area (Å²) in [5.74, 6) is 1.61. The molecule has 4 atom stereocenters. The summed E-state index contributed by atoms with van der Waals surface area (Å²) >= 11 is 0. The first-order valence-electron chi connectivity index (χ1n) is 15.3. The molecule has 0 unspecified atom stereocenters. The topological polar surface area (TPSA) is 104 Å². The van der Waals surface area contributed by atoms with E-state index in [1.54, 1.807) is 0 Å². The smallest absolute Gasteiger partial charge is 0.358 e. The highest BCUT2D eigenvalue weighted by molar-refractivity contribution is 7.57. The third-order valence-electron chi connectivity index (χ3n) is 9.00. The fraction of sp³-hybridized carbons (Fsp3) is 0.576. The number of hydrogen-bond donors (Lipinski definition) is 2. The molecule has 0 aromatic heterocycles. The third-order valence-corrected chi connectivity index (χ3v) is 19.5. The van der Waals surface area contributed by atoms with Gasteiger partial charge in [0.2, 0.25) is 0 Å². The number of aliphatic hydroxyl groups is 2. The summed E-state index contributed by atoms with van der Waals surface area (Å²) < 4.78 is 46.9. The molecule has 11 heteroatoms. The van der Waals surface area contributed by atoms with Crippen molar-refractivity contribution in [1.29, 1.82) is 0 Å². The van der Waals surface area contributed by atoms with Crippen molar-refractivity contribution in [3.63, 3.8) is 0 Å². The van der Waals surface area contributed by atoms with E-state index in [-0.39, 0.29) is 29.0 Å². The average Bonchev–Trinajstić information content (AvgIpc) is 3.25. The Bertz CT molecular complexity index is 1220. The molecular formula is C33H53O8PSi2. The van der Waals surface area contributed by atoms with Crippen LogP contribution in [0.4, 0.5) is 0 Å². The summed E-state index contributed by atoms with van der Waals surface area (Å²) in [6, 6.07) is 18.9. The number of hydrogen-bond acceptors (Lipinski definition) is 8. The normalized spacial score (nSPS) is 21.8. The Morgan fingerprint density at radius 3 is 1.66 bits per heavy atom. The molecule has 1 aliphatic heterocycles. The number of benzene rings is 2. The first-order valence-corrected chi connectivity index (χ1v) is 22.7. The van der Waals surface area contributed by atoms with Gasteiger partial charge in [-0.05, 0) is 47.4 Å². The van der Waals surface area contributed by atoms with Crippen LogP contribution in [0.5, 0.6) is 0 Å². The van der Waals surface area contributed by atoms with Crippen LogP contribution in [0.2, 0.25) is 36.3 Å². The van der Waals surface area contributed by atoms with Crippen LogP contribution in [0.1, 0.15) is 52.7 Å². The molecule has 1 aliphatic rings. The van der Waals surface area contributed by atoms with Crippen molar-refractivity contribution in [3.8, 4) is 0 Å². The lowest BCUT2D eigenvalue weighted by atomic mass is 10.1. The van der Waals surface area contributed by atoms with Crippen LogP contribution in [0.3, 0.4) is 0 Å². The van der Waals surface area contributed by atoms with E-state index >= 15 is 0 Å². The lowest BCUT2D eigenvalue weighted by molar-refractivity contribution is -0.0575. The van der Waals surface area contributed by atoms with E-state index in [0.29, 0.717) is 0 Å². The number of ether oxygens (including phenoxy) is 1. The van der Waals surface area contributed by atoms with Gasteiger partial charge in [-0.3, -0.25) is 4.57 Å². The molecule has 0 aliphatic carbocycles. The van der Waals surface area contributed by atoms with Gasteiger partial charge in [-0.2, -0.15) is 0 Å². The van der Waals surface area contributed by atoms with Gasteiger partial charge in [0.25, 0.3) is 0 Å². The highest BCUT2D eigenvalue weighted by Crippen LogP contribution is 2.55. The van der Waals surface area contributed by atoms with E-state index in [0.717, 1.165) is 11.1 Å². The molecule has 2 aromatic carbocycles. The van der Waals surface area contributed by atoms with Gasteiger partial charge in [-0.15, -0.1) is 0 Å². The van der Waals surface area contributed by atoms with Crippen molar-refractivity contribution in [2.45, 2.75) is 115 Å². The van der Waals surface area contributed by atoms with Crippen LogP contribution in [0.25, 0.3) is 0 Å². The second-order valence-corrected chi connectivity index (χ2v) is 25.9. The second-order valence-electron chi connectivity index (χ2n) is 14.6. The van der Waals surface area contributed by atoms with Gasteiger partial charge in [-0.1, -0.05) is 102 Å². The van der Waals surface area contributed by atoms with Gasteiger partial charge in [0.1, 0.15) is 24.1 Å². The van der Waals surface area contributed by atoms with E-state index in [1.165, 1.54) is 5.82 Å².